The standard InChI is InChI=1S/C18H22BrNO/c1-14(2)11-20-12-15-5-3-6-16(9-15)13-21-18-8-4-7-17(19)10-18/h3-10,14,20H,11-13H2,1-2H3. The van der Waals surface area contributed by atoms with Crippen molar-refractivity contribution >= 4 is 15.9 Å². The summed E-state index contributed by atoms with van der Waals surface area (Å²) >= 11 is 3.45. The van der Waals surface area contributed by atoms with Crippen LogP contribution in [-0.4, -0.2) is 6.54 Å². The molecule has 0 saturated carbocycles. The molecule has 2 aromatic carbocycles. The SMILES string of the molecule is CC(C)CNCc1cccc(COc2cccc(Br)c2)c1. The first-order valence-corrected chi connectivity index (χ1v) is 8.09. The molecule has 2 nitrogen and oxygen atoms in total. The highest BCUT2D eigenvalue weighted by Crippen LogP contribution is 2.19. The van der Waals surface area contributed by atoms with Gasteiger partial charge in [0.05, 0.1) is 0 Å². The highest BCUT2D eigenvalue weighted by Gasteiger charge is 2.00. The first-order chi connectivity index (χ1) is 10.1. The van der Waals surface area contributed by atoms with Crippen molar-refractivity contribution in [3.63, 3.8) is 0 Å². The molecule has 0 spiro atoms. The molecule has 0 aliphatic carbocycles. The largest absolute Gasteiger partial charge is 0.489 e. The lowest BCUT2D eigenvalue weighted by molar-refractivity contribution is 0.306. The van der Waals surface area contributed by atoms with Crippen molar-refractivity contribution in [1.82, 2.24) is 5.32 Å². The van der Waals surface area contributed by atoms with Gasteiger partial charge in [0, 0.05) is 11.0 Å². The number of rotatable bonds is 7. The third kappa shape index (κ3) is 5.90. The molecule has 0 aromatic heterocycles. The molecular weight excluding hydrogens is 326 g/mol. The predicted molar refractivity (Wildman–Crippen MR) is 91.5 cm³/mol. The maximum atomic E-state index is 5.82. The first-order valence-electron chi connectivity index (χ1n) is 7.30. The fraction of sp³-hybridized carbons (Fsp3) is 0.333. The molecule has 0 aliphatic heterocycles. The van der Waals surface area contributed by atoms with Gasteiger partial charge >= 0.3 is 0 Å². The molecule has 3 heteroatoms. The summed E-state index contributed by atoms with van der Waals surface area (Å²) in [6.07, 6.45) is 0. The number of hydrogen-bond donors (Lipinski definition) is 1. The van der Waals surface area contributed by atoms with E-state index in [1.54, 1.807) is 0 Å². The molecule has 0 bridgehead atoms. The molecule has 0 unspecified atom stereocenters. The van der Waals surface area contributed by atoms with Gasteiger partial charge in [-0.1, -0.05) is 60.1 Å². The van der Waals surface area contributed by atoms with Gasteiger partial charge in [-0.2, -0.15) is 0 Å². The van der Waals surface area contributed by atoms with Gasteiger partial charge in [-0.3, -0.25) is 0 Å². The topological polar surface area (TPSA) is 21.3 Å². The highest BCUT2D eigenvalue weighted by atomic mass is 79.9. The van der Waals surface area contributed by atoms with Gasteiger partial charge in [0.15, 0.2) is 0 Å². The van der Waals surface area contributed by atoms with E-state index in [4.69, 9.17) is 4.74 Å². The Kier molecular flexibility index (Phi) is 6.27. The van der Waals surface area contributed by atoms with Crippen molar-refractivity contribution in [2.75, 3.05) is 6.54 Å². The van der Waals surface area contributed by atoms with Gasteiger partial charge in [0.25, 0.3) is 0 Å². The summed E-state index contributed by atoms with van der Waals surface area (Å²) < 4.78 is 6.85. The normalized spacial score (nSPS) is 10.9. The molecule has 0 radical (unpaired) electrons. The van der Waals surface area contributed by atoms with E-state index in [1.807, 2.05) is 24.3 Å². The maximum Gasteiger partial charge on any atom is 0.120 e. The summed E-state index contributed by atoms with van der Waals surface area (Å²) in [7, 11) is 0. The second-order valence-electron chi connectivity index (χ2n) is 5.59. The molecule has 0 heterocycles. The fourth-order valence-electron chi connectivity index (χ4n) is 2.06. The van der Waals surface area contributed by atoms with E-state index in [1.165, 1.54) is 11.1 Å². The van der Waals surface area contributed by atoms with Crippen LogP contribution in [0.5, 0.6) is 5.75 Å². The van der Waals surface area contributed by atoms with Gasteiger partial charge in [0.2, 0.25) is 0 Å². The molecule has 0 amide bonds. The quantitative estimate of drug-likeness (QED) is 0.778. The van der Waals surface area contributed by atoms with E-state index in [2.05, 4.69) is 59.4 Å². The molecule has 0 atom stereocenters. The molecule has 21 heavy (non-hydrogen) atoms. The van der Waals surface area contributed by atoms with Crippen LogP contribution >= 0.6 is 15.9 Å². The zero-order valence-electron chi connectivity index (χ0n) is 12.6. The number of ether oxygens (including phenoxy) is 1. The van der Waals surface area contributed by atoms with Crippen LogP contribution in [0, 0.1) is 5.92 Å². The van der Waals surface area contributed by atoms with E-state index in [0.717, 1.165) is 23.3 Å². The van der Waals surface area contributed by atoms with Crippen molar-refractivity contribution in [3.8, 4) is 5.75 Å². The third-order valence-electron chi connectivity index (χ3n) is 3.07. The average molecular weight is 348 g/mol. The van der Waals surface area contributed by atoms with Gasteiger partial charge in [0.1, 0.15) is 12.4 Å². The van der Waals surface area contributed by atoms with Crippen LogP contribution in [0.15, 0.2) is 53.0 Å². The molecule has 112 valence electrons. The smallest absolute Gasteiger partial charge is 0.120 e. The number of benzene rings is 2. The molecule has 0 saturated heterocycles. The molecule has 0 fully saturated rings. The second-order valence-corrected chi connectivity index (χ2v) is 6.51. The van der Waals surface area contributed by atoms with Gasteiger partial charge in [-0.15, -0.1) is 0 Å². The monoisotopic (exact) mass is 347 g/mol. The van der Waals surface area contributed by atoms with Crippen molar-refractivity contribution in [2.45, 2.75) is 27.0 Å². The summed E-state index contributed by atoms with van der Waals surface area (Å²) in [6, 6.07) is 16.5. The second kappa shape index (κ2) is 8.20. The van der Waals surface area contributed by atoms with Crippen molar-refractivity contribution in [2.24, 2.45) is 5.92 Å². The average Bonchev–Trinajstić information content (AvgIpc) is 2.45. The lowest BCUT2D eigenvalue weighted by Crippen LogP contribution is -2.19. The predicted octanol–water partition coefficient (Wildman–Crippen LogP) is 4.77. The van der Waals surface area contributed by atoms with E-state index in [-0.39, 0.29) is 0 Å². The van der Waals surface area contributed by atoms with E-state index >= 15 is 0 Å². The zero-order valence-corrected chi connectivity index (χ0v) is 14.2. The number of hydrogen-bond acceptors (Lipinski definition) is 2. The highest BCUT2D eigenvalue weighted by molar-refractivity contribution is 9.10. The zero-order chi connectivity index (χ0) is 15.1. The van der Waals surface area contributed by atoms with Crippen LogP contribution in [-0.2, 0) is 13.2 Å². The van der Waals surface area contributed by atoms with Gasteiger partial charge in [-0.25, -0.2) is 0 Å². The van der Waals surface area contributed by atoms with Crippen LogP contribution in [0.3, 0.4) is 0 Å². The Morgan fingerprint density at radius 1 is 1.05 bits per heavy atom. The van der Waals surface area contributed by atoms with Crippen LogP contribution in [0.25, 0.3) is 0 Å². The molecule has 2 aromatic rings. The Balaban J connectivity index is 1.88. The molecule has 0 aliphatic rings. The van der Waals surface area contributed by atoms with Gasteiger partial charge < -0.3 is 10.1 Å². The summed E-state index contributed by atoms with van der Waals surface area (Å²) in [4.78, 5) is 0. The fourth-order valence-corrected chi connectivity index (χ4v) is 2.44. The number of nitrogens with one attached hydrogen (secondary N) is 1. The van der Waals surface area contributed by atoms with E-state index in [0.29, 0.717) is 12.5 Å². The Labute approximate surface area is 135 Å². The van der Waals surface area contributed by atoms with Crippen molar-refractivity contribution in [3.05, 3.63) is 64.1 Å². The lowest BCUT2D eigenvalue weighted by Gasteiger charge is -2.10. The lowest BCUT2D eigenvalue weighted by atomic mass is 10.1. The van der Waals surface area contributed by atoms with Crippen molar-refractivity contribution < 1.29 is 4.74 Å². The minimum absolute atomic E-state index is 0.592. The Morgan fingerprint density at radius 2 is 1.81 bits per heavy atom. The summed E-state index contributed by atoms with van der Waals surface area (Å²) in [6.45, 7) is 6.97. The Hall–Kier alpha value is -1.32. The molecule has 2 rings (SSSR count). The first kappa shape index (κ1) is 16.1. The minimum Gasteiger partial charge on any atom is -0.489 e. The van der Waals surface area contributed by atoms with Crippen molar-refractivity contribution in [1.29, 1.82) is 0 Å². The Bertz CT molecular complexity index is 569. The maximum absolute atomic E-state index is 5.82. The molecule has 1 N–H and O–H groups in total. The Morgan fingerprint density at radius 3 is 2.57 bits per heavy atom. The van der Waals surface area contributed by atoms with Crippen LogP contribution in [0.4, 0.5) is 0 Å². The third-order valence-corrected chi connectivity index (χ3v) is 3.57. The summed E-state index contributed by atoms with van der Waals surface area (Å²) in [5.41, 5.74) is 2.49. The van der Waals surface area contributed by atoms with Crippen LogP contribution in [0.1, 0.15) is 25.0 Å². The molecular formula is C18H22BrNO. The van der Waals surface area contributed by atoms with E-state index < -0.39 is 0 Å². The minimum atomic E-state index is 0.592. The van der Waals surface area contributed by atoms with Crippen LogP contribution < -0.4 is 10.1 Å². The summed E-state index contributed by atoms with van der Waals surface area (Å²) in [5.74, 6) is 1.56. The number of halogens is 1. The van der Waals surface area contributed by atoms with Gasteiger partial charge in [-0.05, 0) is 41.8 Å². The van der Waals surface area contributed by atoms with E-state index in [9.17, 15) is 0 Å². The summed E-state index contributed by atoms with van der Waals surface area (Å²) in [5, 5.41) is 3.46. The van der Waals surface area contributed by atoms with Crippen LogP contribution in [0.2, 0.25) is 0 Å².